The average molecular weight is 291 g/mol. The van der Waals surface area contributed by atoms with Crippen LogP contribution in [0.25, 0.3) is 0 Å². The van der Waals surface area contributed by atoms with Gasteiger partial charge in [0.15, 0.2) is 5.78 Å². The Bertz CT molecular complexity index is 459. The van der Waals surface area contributed by atoms with E-state index in [2.05, 4.69) is 4.90 Å². The van der Waals surface area contributed by atoms with Crippen LogP contribution in [0.1, 0.15) is 30.1 Å². The zero-order valence-corrected chi connectivity index (χ0v) is 13.0. The summed E-state index contributed by atoms with van der Waals surface area (Å²) in [5.41, 5.74) is 0.688. The van der Waals surface area contributed by atoms with Crippen molar-refractivity contribution in [1.29, 1.82) is 0 Å². The predicted octanol–water partition coefficient (Wildman–Crippen LogP) is 2.63. The lowest BCUT2D eigenvalue weighted by molar-refractivity contribution is 0.0755. The third-order valence-electron chi connectivity index (χ3n) is 3.86. The van der Waals surface area contributed by atoms with E-state index in [0.717, 1.165) is 26.1 Å². The van der Waals surface area contributed by atoms with Crippen LogP contribution in [0.3, 0.4) is 0 Å². The molecule has 0 saturated carbocycles. The molecule has 0 aliphatic carbocycles. The Morgan fingerprint density at radius 2 is 2.19 bits per heavy atom. The molecule has 0 radical (unpaired) electrons. The Labute approximate surface area is 127 Å². The molecule has 1 heterocycles. The molecule has 0 N–H and O–H groups in total. The van der Waals surface area contributed by atoms with Crippen molar-refractivity contribution in [3.8, 4) is 5.75 Å². The van der Waals surface area contributed by atoms with Gasteiger partial charge >= 0.3 is 0 Å². The number of carbonyl (C=O) groups excluding carboxylic acids is 1. The zero-order chi connectivity index (χ0) is 15.1. The molecule has 0 bridgehead atoms. The van der Waals surface area contributed by atoms with Gasteiger partial charge in [-0.15, -0.1) is 0 Å². The van der Waals surface area contributed by atoms with Gasteiger partial charge in [-0.1, -0.05) is 12.1 Å². The first-order chi connectivity index (χ1) is 10.2. The topological polar surface area (TPSA) is 38.8 Å². The highest BCUT2D eigenvalue weighted by molar-refractivity contribution is 6.00. The van der Waals surface area contributed by atoms with Gasteiger partial charge in [-0.25, -0.2) is 0 Å². The molecule has 1 aliphatic heterocycles. The Balaban J connectivity index is 1.97. The monoisotopic (exact) mass is 291 g/mol. The van der Waals surface area contributed by atoms with Crippen LogP contribution in [-0.4, -0.2) is 50.6 Å². The Hall–Kier alpha value is -1.39. The number of carbonyl (C=O) groups is 1. The average Bonchev–Trinajstić information content (AvgIpc) is 2.49. The Morgan fingerprint density at radius 1 is 1.38 bits per heavy atom. The van der Waals surface area contributed by atoms with E-state index < -0.39 is 0 Å². The highest BCUT2D eigenvalue weighted by Gasteiger charge is 2.23. The van der Waals surface area contributed by atoms with Crippen molar-refractivity contribution in [1.82, 2.24) is 4.90 Å². The summed E-state index contributed by atoms with van der Waals surface area (Å²) in [7, 11) is 1.74. The summed E-state index contributed by atoms with van der Waals surface area (Å²) < 4.78 is 10.8. The lowest BCUT2D eigenvalue weighted by atomic mass is 9.98. The second-order valence-corrected chi connectivity index (χ2v) is 5.55. The first kappa shape index (κ1) is 16.0. The van der Waals surface area contributed by atoms with E-state index in [1.165, 1.54) is 6.42 Å². The molecule has 4 nitrogen and oxygen atoms in total. The number of para-hydroxylation sites is 1. The summed E-state index contributed by atoms with van der Waals surface area (Å²) in [6.07, 6.45) is 2.32. The number of benzene rings is 1. The summed E-state index contributed by atoms with van der Waals surface area (Å²) in [4.78, 5) is 14.8. The molecule has 1 atom stereocenters. The second kappa shape index (κ2) is 8.15. The van der Waals surface area contributed by atoms with Gasteiger partial charge in [0.1, 0.15) is 5.75 Å². The van der Waals surface area contributed by atoms with Crippen LogP contribution in [0, 0.1) is 5.92 Å². The van der Waals surface area contributed by atoms with E-state index in [1.54, 1.807) is 7.11 Å². The van der Waals surface area contributed by atoms with Gasteiger partial charge in [0.25, 0.3) is 0 Å². The maximum atomic E-state index is 12.5. The number of methoxy groups -OCH3 is 1. The van der Waals surface area contributed by atoms with Gasteiger partial charge in [-0.3, -0.25) is 9.69 Å². The summed E-state index contributed by atoms with van der Waals surface area (Å²) >= 11 is 0. The van der Waals surface area contributed by atoms with Crippen molar-refractivity contribution in [3.05, 3.63) is 29.8 Å². The minimum absolute atomic E-state index is 0.136. The Kier molecular flexibility index (Phi) is 6.21. The molecule has 4 heteroatoms. The summed E-state index contributed by atoms with van der Waals surface area (Å²) in [6.45, 7) is 5.68. The predicted molar refractivity (Wildman–Crippen MR) is 83.0 cm³/mol. The quantitative estimate of drug-likeness (QED) is 0.724. The fraction of sp³-hybridized carbons (Fsp3) is 0.588. The van der Waals surface area contributed by atoms with Gasteiger partial charge in [-0.2, -0.15) is 0 Å². The van der Waals surface area contributed by atoms with E-state index >= 15 is 0 Å². The van der Waals surface area contributed by atoms with Crippen molar-refractivity contribution in [2.45, 2.75) is 19.8 Å². The number of rotatable bonds is 7. The van der Waals surface area contributed by atoms with Crippen molar-refractivity contribution in [2.75, 3.05) is 40.0 Å². The number of hydrogen-bond acceptors (Lipinski definition) is 4. The molecule has 0 spiro atoms. The summed E-state index contributed by atoms with van der Waals surface area (Å²) in [5, 5.41) is 0. The fourth-order valence-electron chi connectivity index (χ4n) is 2.93. The van der Waals surface area contributed by atoms with E-state index in [1.807, 2.05) is 31.2 Å². The van der Waals surface area contributed by atoms with Crippen LogP contribution in [0.2, 0.25) is 0 Å². The van der Waals surface area contributed by atoms with Gasteiger partial charge in [0.2, 0.25) is 0 Å². The fourth-order valence-corrected chi connectivity index (χ4v) is 2.93. The van der Waals surface area contributed by atoms with E-state index in [0.29, 0.717) is 30.4 Å². The van der Waals surface area contributed by atoms with E-state index in [4.69, 9.17) is 9.47 Å². The van der Waals surface area contributed by atoms with Crippen LogP contribution < -0.4 is 4.74 Å². The summed E-state index contributed by atoms with van der Waals surface area (Å²) in [6, 6.07) is 7.50. The number of Topliss-reactive ketones (excluding diaryl/α,β-unsaturated/α-hetero) is 1. The number of ketones is 1. The smallest absolute Gasteiger partial charge is 0.180 e. The van der Waals surface area contributed by atoms with Gasteiger partial charge in [0.05, 0.1) is 25.3 Å². The molecular formula is C17H25NO3. The maximum absolute atomic E-state index is 12.5. The maximum Gasteiger partial charge on any atom is 0.180 e. The van der Waals surface area contributed by atoms with Crippen molar-refractivity contribution in [2.24, 2.45) is 5.92 Å². The third-order valence-corrected chi connectivity index (χ3v) is 3.86. The molecule has 1 aromatic carbocycles. The molecule has 0 aromatic heterocycles. The van der Waals surface area contributed by atoms with Crippen LogP contribution in [0.4, 0.5) is 0 Å². The minimum Gasteiger partial charge on any atom is -0.493 e. The number of nitrogens with zero attached hydrogens (tertiary/aromatic N) is 1. The zero-order valence-electron chi connectivity index (χ0n) is 13.0. The van der Waals surface area contributed by atoms with Crippen molar-refractivity contribution < 1.29 is 14.3 Å². The first-order valence-electron chi connectivity index (χ1n) is 7.71. The SMILES string of the molecule is CCOc1ccccc1C(=O)CN1CCCC(COC)C1. The molecule has 1 saturated heterocycles. The highest BCUT2D eigenvalue weighted by Crippen LogP contribution is 2.21. The van der Waals surface area contributed by atoms with Crippen LogP contribution in [0.15, 0.2) is 24.3 Å². The van der Waals surface area contributed by atoms with Crippen LogP contribution in [0.5, 0.6) is 5.75 Å². The number of likely N-dealkylation sites (tertiary alicyclic amines) is 1. The molecule has 1 aliphatic rings. The van der Waals surface area contributed by atoms with E-state index in [-0.39, 0.29) is 5.78 Å². The Morgan fingerprint density at radius 3 is 2.95 bits per heavy atom. The van der Waals surface area contributed by atoms with Crippen molar-refractivity contribution in [3.63, 3.8) is 0 Å². The second-order valence-electron chi connectivity index (χ2n) is 5.55. The van der Waals surface area contributed by atoms with Gasteiger partial charge in [-0.05, 0) is 44.4 Å². The molecule has 2 rings (SSSR count). The number of hydrogen-bond donors (Lipinski definition) is 0. The van der Waals surface area contributed by atoms with Gasteiger partial charge in [0, 0.05) is 13.7 Å². The van der Waals surface area contributed by atoms with Crippen LogP contribution in [-0.2, 0) is 4.74 Å². The van der Waals surface area contributed by atoms with Gasteiger partial charge < -0.3 is 9.47 Å². The molecular weight excluding hydrogens is 266 g/mol. The molecule has 1 unspecified atom stereocenters. The van der Waals surface area contributed by atoms with Crippen molar-refractivity contribution >= 4 is 5.78 Å². The first-order valence-corrected chi connectivity index (χ1v) is 7.71. The lowest BCUT2D eigenvalue weighted by Gasteiger charge is -2.31. The molecule has 21 heavy (non-hydrogen) atoms. The molecule has 116 valence electrons. The molecule has 1 aromatic rings. The third kappa shape index (κ3) is 4.55. The van der Waals surface area contributed by atoms with E-state index in [9.17, 15) is 4.79 Å². The molecule has 1 fully saturated rings. The minimum atomic E-state index is 0.136. The summed E-state index contributed by atoms with van der Waals surface area (Å²) in [5.74, 6) is 1.37. The number of piperidine rings is 1. The number of ether oxygens (including phenoxy) is 2. The normalized spacial score (nSPS) is 19.4. The lowest BCUT2D eigenvalue weighted by Crippen LogP contribution is -2.40. The largest absolute Gasteiger partial charge is 0.493 e. The van der Waals surface area contributed by atoms with Crippen LogP contribution >= 0.6 is 0 Å². The standard InChI is InChI=1S/C17H25NO3/c1-3-21-17-9-5-4-8-15(17)16(19)12-18-10-6-7-14(11-18)13-20-2/h4-5,8-9,14H,3,6-7,10-13H2,1-2H3. The highest BCUT2D eigenvalue weighted by atomic mass is 16.5. The molecule has 0 amide bonds.